The van der Waals surface area contributed by atoms with Crippen LogP contribution in [0.25, 0.3) is 0 Å². The van der Waals surface area contributed by atoms with Gasteiger partial charge in [0.1, 0.15) is 0 Å². The van der Waals surface area contributed by atoms with E-state index in [1.807, 2.05) is 13.0 Å². The summed E-state index contributed by atoms with van der Waals surface area (Å²) in [6, 6.07) is 8.85. The number of rotatable bonds is 5. The SMILES string of the molecule is CCCN(C(C)=O)C(C)(C(=O)O)c1ccccc1. The minimum atomic E-state index is -1.32. The third kappa shape index (κ3) is 2.53. The van der Waals surface area contributed by atoms with E-state index >= 15 is 0 Å². The lowest BCUT2D eigenvalue weighted by atomic mass is 9.89. The number of carbonyl (C=O) groups is 2. The van der Waals surface area contributed by atoms with Gasteiger partial charge in [0, 0.05) is 13.5 Å². The molecule has 1 unspecified atom stereocenters. The maximum Gasteiger partial charge on any atom is 0.334 e. The van der Waals surface area contributed by atoms with Crippen molar-refractivity contribution in [2.45, 2.75) is 32.7 Å². The van der Waals surface area contributed by atoms with Crippen molar-refractivity contribution in [3.8, 4) is 0 Å². The second kappa shape index (κ2) is 5.67. The van der Waals surface area contributed by atoms with E-state index in [2.05, 4.69) is 0 Å². The minimum Gasteiger partial charge on any atom is -0.479 e. The molecule has 98 valence electrons. The van der Waals surface area contributed by atoms with Crippen LogP contribution in [0.2, 0.25) is 0 Å². The van der Waals surface area contributed by atoms with Crippen molar-refractivity contribution in [1.82, 2.24) is 4.90 Å². The van der Waals surface area contributed by atoms with Crippen LogP contribution >= 0.6 is 0 Å². The van der Waals surface area contributed by atoms with Crippen molar-refractivity contribution in [2.75, 3.05) is 6.54 Å². The van der Waals surface area contributed by atoms with Crippen LogP contribution in [0.15, 0.2) is 30.3 Å². The molecule has 0 spiro atoms. The quantitative estimate of drug-likeness (QED) is 0.870. The van der Waals surface area contributed by atoms with Crippen LogP contribution in [0.3, 0.4) is 0 Å². The number of aliphatic carboxylic acids is 1. The van der Waals surface area contributed by atoms with Crippen molar-refractivity contribution < 1.29 is 14.7 Å². The number of benzene rings is 1. The van der Waals surface area contributed by atoms with Crippen LogP contribution in [-0.4, -0.2) is 28.4 Å². The Labute approximate surface area is 107 Å². The molecule has 0 saturated heterocycles. The van der Waals surface area contributed by atoms with Gasteiger partial charge in [-0.2, -0.15) is 0 Å². The molecule has 1 aromatic rings. The highest BCUT2D eigenvalue weighted by molar-refractivity contribution is 5.87. The van der Waals surface area contributed by atoms with E-state index < -0.39 is 11.5 Å². The lowest BCUT2D eigenvalue weighted by molar-refractivity contribution is -0.158. The Hall–Kier alpha value is -1.84. The normalized spacial score (nSPS) is 13.7. The molecule has 4 heteroatoms. The third-order valence-electron chi connectivity index (χ3n) is 3.12. The van der Waals surface area contributed by atoms with Crippen molar-refractivity contribution in [3.63, 3.8) is 0 Å². The van der Waals surface area contributed by atoms with Crippen molar-refractivity contribution in [2.24, 2.45) is 0 Å². The molecule has 0 aromatic heterocycles. The van der Waals surface area contributed by atoms with Gasteiger partial charge in [-0.05, 0) is 18.9 Å². The molecule has 1 amide bonds. The predicted octanol–water partition coefficient (Wildman–Crippen LogP) is 2.24. The average Bonchev–Trinajstić information content (AvgIpc) is 2.35. The number of hydrogen-bond acceptors (Lipinski definition) is 2. The van der Waals surface area contributed by atoms with E-state index in [9.17, 15) is 14.7 Å². The van der Waals surface area contributed by atoms with Gasteiger partial charge in [-0.3, -0.25) is 4.79 Å². The summed E-state index contributed by atoms with van der Waals surface area (Å²) in [4.78, 5) is 24.8. The zero-order chi connectivity index (χ0) is 13.8. The van der Waals surface area contributed by atoms with Gasteiger partial charge >= 0.3 is 5.97 Å². The first-order valence-electron chi connectivity index (χ1n) is 6.01. The molecule has 4 nitrogen and oxygen atoms in total. The molecule has 1 aromatic carbocycles. The first kappa shape index (κ1) is 14.2. The van der Waals surface area contributed by atoms with Gasteiger partial charge in [0.05, 0.1) is 0 Å². The molecule has 0 saturated carbocycles. The van der Waals surface area contributed by atoms with Crippen LogP contribution in [0, 0.1) is 0 Å². The maximum atomic E-state index is 11.7. The molecule has 0 aliphatic rings. The summed E-state index contributed by atoms with van der Waals surface area (Å²) in [6.07, 6.45) is 0.718. The molecule has 0 heterocycles. The number of nitrogens with zero attached hydrogens (tertiary/aromatic N) is 1. The molecule has 0 fully saturated rings. The summed E-state index contributed by atoms with van der Waals surface area (Å²) in [5.41, 5.74) is -0.704. The summed E-state index contributed by atoms with van der Waals surface area (Å²) in [6.45, 7) is 5.32. The maximum absolute atomic E-state index is 11.7. The molecular weight excluding hydrogens is 230 g/mol. The monoisotopic (exact) mass is 249 g/mol. The van der Waals surface area contributed by atoms with Gasteiger partial charge < -0.3 is 10.0 Å². The highest BCUT2D eigenvalue weighted by Gasteiger charge is 2.42. The summed E-state index contributed by atoms with van der Waals surface area (Å²) < 4.78 is 0. The zero-order valence-corrected chi connectivity index (χ0v) is 11.0. The lowest BCUT2D eigenvalue weighted by Crippen LogP contribution is -2.52. The number of carboxylic acids is 1. The van der Waals surface area contributed by atoms with Crippen LogP contribution in [0.1, 0.15) is 32.8 Å². The smallest absolute Gasteiger partial charge is 0.334 e. The Bertz CT molecular complexity index is 430. The van der Waals surface area contributed by atoms with Crippen LogP contribution < -0.4 is 0 Å². The Balaban J connectivity index is 3.30. The first-order chi connectivity index (χ1) is 8.44. The standard InChI is InChI=1S/C14H19NO3/c1-4-10-15(11(2)16)14(3,13(17)18)12-8-6-5-7-9-12/h5-9H,4,10H2,1-3H3,(H,17,18). The van der Waals surface area contributed by atoms with Crippen LogP contribution in [-0.2, 0) is 15.1 Å². The van der Waals surface area contributed by atoms with Gasteiger partial charge in [0.15, 0.2) is 5.54 Å². The minimum absolute atomic E-state index is 0.231. The molecule has 0 aliphatic heterocycles. The highest BCUT2D eigenvalue weighted by atomic mass is 16.4. The molecule has 1 N–H and O–H groups in total. The highest BCUT2D eigenvalue weighted by Crippen LogP contribution is 2.29. The van der Waals surface area contributed by atoms with E-state index in [4.69, 9.17) is 0 Å². The van der Waals surface area contributed by atoms with Gasteiger partial charge in [0.25, 0.3) is 0 Å². The Morgan fingerprint density at radius 3 is 2.22 bits per heavy atom. The van der Waals surface area contributed by atoms with Crippen molar-refractivity contribution in [1.29, 1.82) is 0 Å². The topological polar surface area (TPSA) is 57.6 Å². The average molecular weight is 249 g/mol. The van der Waals surface area contributed by atoms with Gasteiger partial charge in [-0.25, -0.2) is 4.79 Å². The Morgan fingerprint density at radius 2 is 1.83 bits per heavy atom. The molecule has 0 bridgehead atoms. The summed E-state index contributed by atoms with van der Waals surface area (Å²) in [7, 11) is 0. The van der Waals surface area contributed by atoms with Crippen LogP contribution in [0.5, 0.6) is 0 Å². The van der Waals surface area contributed by atoms with Crippen LogP contribution in [0.4, 0.5) is 0 Å². The molecule has 1 rings (SSSR count). The first-order valence-corrected chi connectivity index (χ1v) is 6.01. The largest absolute Gasteiger partial charge is 0.479 e. The number of carboxylic acid groups (broad SMARTS) is 1. The third-order valence-corrected chi connectivity index (χ3v) is 3.12. The summed E-state index contributed by atoms with van der Waals surface area (Å²) >= 11 is 0. The second-order valence-electron chi connectivity index (χ2n) is 4.41. The fourth-order valence-corrected chi connectivity index (χ4v) is 2.08. The number of hydrogen-bond donors (Lipinski definition) is 1. The van der Waals surface area contributed by atoms with E-state index in [0.29, 0.717) is 12.1 Å². The van der Waals surface area contributed by atoms with Gasteiger partial charge in [-0.15, -0.1) is 0 Å². The van der Waals surface area contributed by atoms with E-state index in [1.165, 1.54) is 11.8 Å². The van der Waals surface area contributed by atoms with Crippen molar-refractivity contribution in [3.05, 3.63) is 35.9 Å². The molecule has 18 heavy (non-hydrogen) atoms. The Morgan fingerprint density at radius 1 is 1.28 bits per heavy atom. The second-order valence-corrected chi connectivity index (χ2v) is 4.41. The van der Waals surface area contributed by atoms with E-state index in [0.717, 1.165) is 6.42 Å². The fourth-order valence-electron chi connectivity index (χ4n) is 2.08. The molecule has 0 aliphatic carbocycles. The molecule has 0 radical (unpaired) electrons. The van der Waals surface area contributed by atoms with E-state index in [-0.39, 0.29) is 5.91 Å². The predicted molar refractivity (Wildman–Crippen MR) is 69.1 cm³/mol. The Kier molecular flexibility index (Phi) is 4.48. The molecular formula is C14H19NO3. The van der Waals surface area contributed by atoms with E-state index in [1.54, 1.807) is 31.2 Å². The fraction of sp³-hybridized carbons (Fsp3) is 0.429. The summed E-state index contributed by atoms with van der Waals surface area (Å²) in [5, 5.41) is 9.54. The zero-order valence-electron chi connectivity index (χ0n) is 11.0. The number of amides is 1. The van der Waals surface area contributed by atoms with Gasteiger partial charge in [-0.1, -0.05) is 37.3 Å². The van der Waals surface area contributed by atoms with Crippen molar-refractivity contribution >= 4 is 11.9 Å². The molecule has 1 atom stereocenters. The van der Waals surface area contributed by atoms with Gasteiger partial charge in [0.2, 0.25) is 5.91 Å². The lowest BCUT2D eigenvalue weighted by Gasteiger charge is -2.37. The number of carbonyl (C=O) groups excluding carboxylic acids is 1. The summed E-state index contributed by atoms with van der Waals surface area (Å²) in [5.74, 6) is -1.25.